The van der Waals surface area contributed by atoms with Gasteiger partial charge in [-0.1, -0.05) is 50.5 Å². The first kappa shape index (κ1) is 18.4. The first-order chi connectivity index (χ1) is 12.4. The third-order valence-electron chi connectivity index (χ3n) is 5.52. The van der Waals surface area contributed by atoms with E-state index in [9.17, 15) is 14.4 Å². The van der Waals surface area contributed by atoms with Crippen molar-refractivity contribution in [3.8, 4) is 0 Å². The van der Waals surface area contributed by atoms with Crippen LogP contribution in [0.1, 0.15) is 63.1 Å². The molecule has 1 spiro atoms. The van der Waals surface area contributed by atoms with Gasteiger partial charge < -0.3 is 10.6 Å². The molecule has 140 valence electrons. The topological polar surface area (TPSA) is 78.5 Å². The molecule has 26 heavy (non-hydrogen) atoms. The number of amides is 4. The van der Waals surface area contributed by atoms with E-state index < -0.39 is 11.6 Å². The molecule has 1 saturated heterocycles. The second kappa shape index (κ2) is 7.48. The van der Waals surface area contributed by atoms with E-state index >= 15 is 0 Å². The van der Waals surface area contributed by atoms with Crippen molar-refractivity contribution in [2.45, 2.75) is 64.0 Å². The lowest BCUT2D eigenvalue weighted by molar-refractivity contribution is -0.136. The molecule has 1 heterocycles. The lowest BCUT2D eigenvalue weighted by atomic mass is 9.82. The first-order valence-corrected chi connectivity index (χ1v) is 9.47. The predicted octanol–water partition coefficient (Wildman–Crippen LogP) is 2.68. The number of nitrogens with one attached hydrogen (secondary N) is 2. The number of benzene rings is 1. The summed E-state index contributed by atoms with van der Waals surface area (Å²) in [6.07, 6.45) is 5.23. The molecule has 0 bridgehead atoms. The molecule has 3 rings (SSSR count). The zero-order chi connectivity index (χ0) is 18.7. The number of nitrogens with zero attached hydrogens (tertiary/aromatic N) is 1. The Morgan fingerprint density at radius 1 is 1.19 bits per heavy atom. The van der Waals surface area contributed by atoms with Gasteiger partial charge in [-0.15, -0.1) is 0 Å². The molecule has 6 nitrogen and oxygen atoms in total. The van der Waals surface area contributed by atoms with Gasteiger partial charge in [0.25, 0.3) is 5.91 Å². The summed E-state index contributed by atoms with van der Waals surface area (Å²) < 4.78 is 0. The molecular formula is C20H27N3O3. The molecule has 2 N–H and O–H groups in total. The van der Waals surface area contributed by atoms with Crippen LogP contribution in [0.2, 0.25) is 0 Å². The monoisotopic (exact) mass is 357 g/mol. The van der Waals surface area contributed by atoms with Gasteiger partial charge in [-0.2, -0.15) is 0 Å². The molecule has 0 aromatic heterocycles. The first-order valence-electron chi connectivity index (χ1n) is 9.47. The maximum atomic E-state index is 12.7. The lowest BCUT2D eigenvalue weighted by Gasteiger charge is -2.30. The van der Waals surface area contributed by atoms with Crippen LogP contribution in [0.4, 0.5) is 4.79 Å². The van der Waals surface area contributed by atoms with E-state index in [0.717, 1.165) is 36.1 Å². The van der Waals surface area contributed by atoms with Crippen molar-refractivity contribution in [2.75, 3.05) is 6.54 Å². The minimum Gasteiger partial charge on any atom is -0.348 e. The Hall–Kier alpha value is -2.37. The number of rotatable bonds is 5. The highest BCUT2D eigenvalue weighted by Gasteiger charge is 2.51. The summed E-state index contributed by atoms with van der Waals surface area (Å²) in [6.45, 7) is 3.76. The highest BCUT2D eigenvalue weighted by molar-refractivity contribution is 6.09. The van der Waals surface area contributed by atoms with E-state index in [2.05, 4.69) is 17.6 Å². The second-order valence-electron chi connectivity index (χ2n) is 7.35. The average Bonchev–Trinajstić information content (AvgIpc) is 2.86. The number of urea groups is 1. The van der Waals surface area contributed by atoms with Crippen LogP contribution in [0.25, 0.3) is 0 Å². The molecule has 6 heteroatoms. The molecule has 4 amide bonds. The van der Waals surface area contributed by atoms with Crippen LogP contribution < -0.4 is 10.6 Å². The van der Waals surface area contributed by atoms with Crippen LogP contribution in [0, 0.1) is 0 Å². The second-order valence-corrected chi connectivity index (χ2v) is 7.35. The Morgan fingerprint density at radius 2 is 1.85 bits per heavy atom. The average molecular weight is 357 g/mol. The van der Waals surface area contributed by atoms with E-state index in [1.165, 1.54) is 5.56 Å². The van der Waals surface area contributed by atoms with Gasteiger partial charge in [0.05, 0.1) is 6.04 Å². The Labute approximate surface area is 154 Å². The fourth-order valence-corrected chi connectivity index (χ4v) is 3.87. The molecule has 0 unspecified atom stereocenters. The fourth-order valence-electron chi connectivity index (χ4n) is 3.87. The van der Waals surface area contributed by atoms with Gasteiger partial charge in [0, 0.05) is 0 Å². The molecule has 1 aromatic carbocycles. The van der Waals surface area contributed by atoms with Gasteiger partial charge in [0.15, 0.2) is 0 Å². The molecule has 2 aliphatic rings. The highest BCUT2D eigenvalue weighted by Crippen LogP contribution is 2.33. The minimum atomic E-state index is -0.781. The summed E-state index contributed by atoms with van der Waals surface area (Å²) in [5.41, 5.74) is 1.46. The number of hydrogen-bond donors (Lipinski definition) is 2. The van der Waals surface area contributed by atoms with E-state index in [1.807, 2.05) is 31.2 Å². The number of carbonyl (C=O) groups is 3. The fraction of sp³-hybridized carbons (Fsp3) is 0.550. The van der Waals surface area contributed by atoms with Crippen molar-refractivity contribution in [2.24, 2.45) is 0 Å². The van der Waals surface area contributed by atoms with Crippen molar-refractivity contribution in [1.29, 1.82) is 0 Å². The van der Waals surface area contributed by atoms with E-state index in [0.29, 0.717) is 12.8 Å². The maximum absolute atomic E-state index is 12.7. The molecule has 2 fully saturated rings. The largest absolute Gasteiger partial charge is 0.348 e. The Balaban J connectivity index is 1.60. The van der Waals surface area contributed by atoms with E-state index in [-0.39, 0.29) is 24.4 Å². The normalized spacial score (nSPS) is 20.2. The van der Waals surface area contributed by atoms with Gasteiger partial charge >= 0.3 is 6.03 Å². The van der Waals surface area contributed by atoms with Gasteiger partial charge in [0.2, 0.25) is 5.91 Å². The Bertz CT molecular complexity index is 693. The zero-order valence-electron chi connectivity index (χ0n) is 15.5. The number of aryl methyl sites for hydroxylation is 1. The summed E-state index contributed by atoms with van der Waals surface area (Å²) >= 11 is 0. The summed E-state index contributed by atoms with van der Waals surface area (Å²) in [6, 6.07) is 7.44. The third kappa shape index (κ3) is 3.59. The zero-order valence-corrected chi connectivity index (χ0v) is 15.5. The van der Waals surface area contributed by atoms with E-state index in [4.69, 9.17) is 0 Å². The predicted molar refractivity (Wildman–Crippen MR) is 98.4 cm³/mol. The molecule has 1 aliphatic heterocycles. The summed E-state index contributed by atoms with van der Waals surface area (Å²) in [7, 11) is 0. The van der Waals surface area contributed by atoms with Gasteiger partial charge in [-0.05, 0) is 37.3 Å². The summed E-state index contributed by atoms with van der Waals surface area (Å²) in [5, 5.41) is 5.71. The van der Waals surface area contributed by atoms with Crippen molar-refractivity contribution in [1.82, 2.24) is 15.5 Å². The van der Waals surface area contributed by atoms with Crippen molar-refractivity contribution in [3.05, 3.63) is 35.4 Å². The third-order valence-corrected chi connectivity index (χ3v) is 5.52. The van der Waals surface area contributed by atoms with Crippen molar-refractivity contribution < 1.29 is 14.4 Å². The van der Waals surface area contributed by atoms with Crippen LogP contribution in [-0.2, 0) is 16.0 Å². The summed E-state index contributed by atoms with van der Waals surface area (Å²) in [5.74, 6) is -0.578. The molecule has 1 saturated carbocycles. The highest BCUT2D eigenvalue weighted by atomic mass is 16.2. The van der Waals surface area contributed by atoms with Crippen LogP contribution in [0.15, 0.2) is 24.3 Å². The molecule has 0 radical (unpaired) electrons. The van der Waals surface area contributed by atoms with Gasteiger partial charge in [-0.25, -0.2) is 4.79 Å². The lowest BCUT2D eigenvalue weighted by Crippen LogP contribution is -2.49. The Kier molecular flexibility index (Phi) is 5.30. The van der Waals surface area contributed by atoms with Crippen molar-refractivity contribution in [3.63, 3.8) is 0 Å². The Morgan fingerprint density at radius 3 is 2.46 bits per heavy atom. The van der Waals surface area contributed by atoms with Crippen molar-refractivity contribution >= 4 is 17.8 Å². The molecule has 1 aromatic rings. The summed E-state index contributed by atoms with van der Waals surface area (Å²) in [4.78, 5) is 38.4. The molecule has 1 atom stereocenters. The van der Waals surface area contributed by atoms with Crippen LogP contribution in [-0.4, -0.2) is 34.8 Å². The SMILES string of the molecule is CCc1ccc([C@H](C)NC(=O)CN2C(=O)NC3(CCCCC3)C2=O)cc1. The maximum Gasteiger partial charge on any atom is 0.325 e. The molecular weight excluding hydrogens is 330 g/mol. The van der Waals surface area contributed by atoms with Crippen LogP contribution in [0.5, 0.6) is 0 Å². The van der Waals surface area contributed by atoms with Crippen LogP contribution >= 0.6 is 0 Å². The van der Waals surface area contributed by atoms with Crippen LogP contribution in [0.3, 0.4) is 0 Å². The smallest absolute Gasteiger partial charge is 0.325 e. The number of carbonyl (C=O) groups excluding carboxylic acids is 3. The van der Waals surface area contributed by atoms with Gasteiger partial charge in [0.1, 0.15) is 12.1 Å². The number of imide groups is 1. The van der Waals surface area contributed by atoms with Gasteiger partial charge in [-0.3, -0.25) is 14.5 Å². The van der Waals surface area contributed by atoms with E-state index in [1.54, 1.807) is 0 Å². The number of hydrogen-bond acceptors (Lipinski definition) is 3. The molecule has 1 aliphatic carbocycles. The standard InChI is InChI=1S/C20H27N3O3/c1-3-15-7-9-16(10-8-15)14(2)21-17(24)13-23-18(25)20(22-19(23)26)11-5-4-6-12-20/h7-10,14H,3-6,11-13H2,1-2H3,(H,21,24)(H,22,26)/t14-/m0/s1. The quantitative estimate of drug-likeness (QED) is 0.795. The minimum absolute atomic E-state index is 0.183.